The Bertz CT molecular complexity index is 3480. The van der Waals surface area contributed by atoms with Crippen LogP contribution in [0.15, 0.2) is 130 Å². The first-order chi connectivity index (χ1) is 40.6. The van der Waals surface area contributed by atoms with Crippen LogP contribution < -0.4 is 56.1 Å². The van der Waals surface area contributed by atoms with Crippen molar-refractivity contribution in [2.75, 3.05) is 14.2 Å². The van der Waals surface area contributed by atoms with E-state index < -0.39 is 11.2 Å². The number of rotatable bonds is 14. The van der Waals surface area contributed by atoms with Crippen LogP contribution in [0, 0.1) is 13.8 Å². The van der Waals surface area contributed by atoms with Crippen molar-refractivity contribution < 1.29 is 105 Å². The van der Waals surface area contributed by atoms with Crippen molar-refractivity contribution in [3.05, 3.63) is 207 Å². The number of halogens is 6. The number of aliphatic hydroxyl groups is 1. The Hall–Kier alpha value is 1.90. The van der Waals surface area contributed by atoms with Crippen LogP contribution in [0.25, 0.3) is 22.5 Å². The monoisotopic (exact) mass is 1410 g/mol. The number of benzene rings is 6. The third kappa shape index (κ3) is 23.3. The molecule has 2 aliphatic rings. The van der Waals surface area contributed by atoms with E-state index in [-0.39, 0.29) is 84.1 Å². The molecule has 4 atom stereocenters. The second kappa shape index (κ2) is 41.1. The van der Waals surface area contributed by atoms with E-state index in [0.717, 1.165) is 24.0 Å². The Morgan fingerprint density at radius 2 is 0.919 bits per heavy atom. The number of ether oxygens (including phenoxy) is 3. The van der Waals surface area contributed by atoms with Gasteiger partial charge in [-0.3, -0.25) is 0 Å². The molecule has 8 aromatic rings. The summed E-state index contributed by atoms with van der Waals surface area (Å²) in [5.41, 5.74) is 9.48. The standard InChI is InChI=1S/C30H28Cl3NO3.C16H15ClO.C14H15Cl2NO3.2CO2.5K.H/c1-17-8-10-18(11-9-17)21-15-22(21)20-13-12-19(14-26(20)33)36-16-23-28(27-24(31)6-5-7-25(27)32)34-37-29(23)30(2,3)35-4;1-10-2-4-11(5-3-10)14-9-15(14)13-7-6-12(18)8-16(13)17;1-14(2,19-3)13-8(7-18)12(17-20-13)11-9(15)5-4-6-10(11)16;2*2-1-3;;;;;;/h5-14,21-22H,15-16H2,1-4H3;2-8,14-15,18H,9H2,1H3;4-6,18H,7H2,1-3H3;;;;;;;;/q;;;;;;;;;+1;-1. The summed E-state index contributed by atoms with van der Waals surface area (Å²) in [5, 5.41) is 30.6. The van der Waals surface area contributed by atoms with Gasteiger partial charge in [0.1, 0.15) is 40.7 Å². The number of aliphatic hydroxyl groups excluding tert-OH is 1. The Balaban J connectivity index is 0.000000438. The molecule has 2 fully saturated rings. The number of phenolic OH excluding ortho intramolecular Hbond substituents is 1. The van der Waals surface area contributed by atoms with Gasteiger partial charge in [-0.25, -0.2) is 0 Å². The molecule has 2 saturated carbocycles. The summed E-state index contributed by atoms with van der Waals surface area (Å²) >= 11 is 43.2. The Morgan fingerprint density at radius 1 is 0.558 bits per heavy atom. The summed E-state index contributed by atoms with van der Waals surface area (Å²) in [5.74, 6) is 3.88. The van der Waals surface area contributed by atoms with E-state index in [1.54, 1.807) is 62.8 Å². The topological polar surface area (TPSA) is 188 Å². The number of hydrogen-bond donors (Lipinski definition) is 2. The molecule has 0 spiro atoms. The fourth-order valence-electron chi connectivity index (χ4n) is 9.18. The zero-order valence-corrected chi connectivity index (χ0v) is 70.6. The third-order valence-corrected chi connectivity index (χ3v) is 15.9. The molecular formula is C62H59Cl6K5N2O11. The van der Waals surface area contributed by atoms with Gasteiger partial charge < -0.3 is 34.9 Å². The van der Waals surface area contributed by atoms with Crippen LogP contribution in [-0.4, -0.2) is 173 Å². The van der Waals surface area contributed by atoms with E-state index in [1.807, 2.05) is 45.9 Å². The fourth-order valence-corrected chi connectivity index (χ4v) is 11.0. The van der Waals surface area contributed by atoms with Gasteiger partial charge in [-0.1, -0.05) is 164 Å². The van der Waals surface area contributed by atoms with Gasteiger partial charge in [0.05, 0.1) is 37.8 Å². The summed E-state index contributed by atoms with van der Waals surface area (Å²) in [4.78, 5) is 32.5. The number of carbonyl (C=O) groups excluding carboxylic acids is 4. The first kappa shape index (κ1) is 82.1. The second-order valence-electron chi connectivity index (χ2n) is 20.0. The quantitative estimate of drug-likeness (QED) is 0.0980. The average molecular weight is 1420 g/mol. The molecule has 0 aliphatic heterocycles. The molecule has 10 rings (SSSR count). The van der Waals surface area contributed by atoms with E-state index in [0.29, 0.717) is 105 Å². The van der Waals surface area contributed by atoms with Gasteiger partial charge in [-0.05, 0) is 149 Å². The van der Waals surface area contributed by atoms with E-state index in [1.165, 1.54) is 149 Å². The number of aromatic hydroxyl groups is 1. The van der Waals surface area contributed by atoms with E-state index in [4.69, 9.17) is 112 Å². The van der Waals surface area contributed by atoms with Gasteiger partial charge in [0.15, 0.2) is 11.5 Å². The molecule has 0 saturated heterocycles. The molecule has 2 N–H and O–H groups in total. The van der Waals surface area contributed by atoms with Crippen LogP contribution in [0.3, 0.4) is 0 Å². The minimum atomic E-state index is -0.740. The maximum atomic E-state index is 9.65. The molecule has 86 heavy (non-hydrogen) atoms. The molecule has 2 heterocycles. The van der Waals surface area contributed by atoms with E-state index >= 15 is 0 Å². The number of nitrogens with zero attached hydrogens (tertiary/aromatic N) is 2. The zero-order chi connectivity index (χ0) is 63.3. The number of hydrogen-bond acceptors (Lipinski definition) is 13. The van der Waals surface area contributed by atoms with Crippen LogP contribution in [0.1, 0.15) is 122 Å². The van der Waals surface area contributed by atoms with Gasteiger partial charge in [0.25, 0.3) is 0 Å². The summed E-state index contributed by atoms with van der Waals surface area (Å²) in [6.45, 7) is 11.6. The maximum absolute atomic E-state index is 9.65. The van der Waals surface area contributed by atoms with Crippen molar-refractivity contribution in [3.63, 3.8) is 0 Å². The van der Waals surface area contributed by atoms with Crippen molar-refractivity contribution in [2.45, 2.75) is 102 Å². The van der Waals surface area contributed by atoms with Crippen LogP contribution >= 0.6 is 69.6 Å². The van der Waals surface area contributed by atoms with Gasteiger partial charge in [0.2, 0.25) is 0 Å². The first-order valence-corrected chi connectivity index (χ1v) is 61.5. The van der Waals surface area contributed by atoms with E-state index in [2.05, 4.69) is 78.8 Å². The first-order valence-electron chi connectivity index (χ1n) is 27.2. The number of phenols is 1. The summed E-state index contributed by atoms with van der Waals surface area (Å²) < 4.78 is 28.3. The molecule has 430 valence electrons. The molecule has 0 bridgehead atoms. The molecule has 2 aliphatic carbocycles. The van der Waals surface area contributed by atoms with Crippen LogP contribution in [0.5, 0.6) is 11.5 Å². The zero-order valence-electron chi connectivity index (χ0n) is 51.4. The molecule has 0 amide bonds. The van der Waals surface area contributed by atoms with Crippen molar-refractivity contribution in [1.29, 1.82) is 0 Å². The molecule has 13 nitrogen and oxygen atoms in total. The normalized spacial score (nSPS) is 15.1. The average Bonchev–Trinajstić information content (AvgIpc) is 1.79. The van der Waals surface area contributed by atoms with Crippen molar-refractivity contribution in [2.24, 2.45) is 0 Å². The van der Waals surface area contributed by atoms with Crippen molar-refractivity contribution in [3.8, 4) is 34.0 Å². The van der Waals surface area contributed by atoms with Crippen LogP contribution in [-0.2, 0) is 53.1 Å². The molecule has 6 aromatic carbocycles. The van der Waals surface area contributed by atoms with Crippen molar-refractivity contribution >= 4 is 208 Å². The number of methoxy groups -OCH3 is 2. The van der Waals surface area contributed by atoms with Gasteiger partial charge >= 0.3 is 190 Å². The van der Waals surface area contributed by atoms with Crippen LogP contribution in [0.2, 0.25) is 30.1 Å². The minimum absolute atomic E-state index is 0. The summed E-state index contributed by atoms with van der Waals surface area (Å²) in [7, 11) is 3.18. The van der Waals surface area contributed by atoms with Gasteiger partial charge in [-0.15, -0.1) is 0 Å². The third-order valence-electron chi connectivity index (χ3n) is 14.0. The SMILES string of the molecule is COC(C)(C)c1onc(-c2c(Cl)cccc2Cl)c1CO.COC(C)(C)c1onc(-c2c(Cl)cccc2Cl)c1COc1ccc(C2CC2c2ccc(C)cc2)c(Cl)c1.Cc1ccc(C2CC2c2ccc(O)cc2Cl)cc1.O=C=O.O=C=O.[H-].[K+].[K][K].[K][K]. The predicted molar refractivity (Wildman–Crippen MR) is 336 cm³/mol. The molecular weight excluding hydrogens is 1360 g/mol. The molecule has 4 unspecified atom stereocenters. The molecule has 0 radical (unpaired) electrons. The number of aromatic nitrogens is 2. The predicted octanol–water partition coefficient (Wildman–Crippen LogP) is 12.4. The van der Waals surface area contributed by atoms with Crippen LogP contribution in [0.4, 0.5) is 0 Å². The Labute approximate surface area is 666 Å². The number of aryl methyl sites for hydroxylation is 2. The summed E-state index contributed by atoms with van der Waals surface area (Å²) in [6, 6.07) is 39.1. The second-order valence-corrected chi connectivity index (χ2v) is 22.5. The fraction of sp³-hybridized carbons (Fsp3) is 0.290. The van der Waals surface area contributed by atoms with E-state index in [9.17, 15) is 10.2 Å². The molecule has 2 aromatic heterocycles. The summed E-state index contributed by atoms with van der Waals surface area (Å²) in [6.07, 6.45) is 2.74. The van der Waals surface area contributed by atoms with Crippen molar-refractivity contribution in [1.82, 2.24) is 10.3 Å². The van der Waals surface area contributed by atoms with Gasteiger partial charge in [0, 0.05) is 35.4 Å². The Kier molecular flexibility index (Phi) is 39.3. The Morgan fingerprint density at radius 3 is 1.28 bits per heavy atom. The van der Waals surface area contributed by atoms with Gasteiger partial charge in [-0.2, -0.15) is 19.2 Å². The molecule has 24 heteroatoms.